The Morgan fingerprint density at radius 3 is 2.70 bits per heavy atom. The van der Waals surface area contributed by atoms with Crippen LogP contribution >= 0.6 is 0 Å². The Labute approximate surface area is 119 Å². The molecule has 0 atom stereocenters. The maximum absolute atomic E-state index is 11.6. The molecule has 5 nitrogen and oxygen atoms in total. The quantitative estimate of drug-likeness (QED) is 0.777. The van der Waals surface area contributed by atoms with E-state index in [-0.39, 0.29) is 30.9 Å². The number of nitrogens with one attached hydrogen (secondary N) is 1. The van der Waals surface area contributed by atoms with Gasteiger partial charge in [0.2, 0.25) is 5.91 Å². The van der Waals surface area contributed by atoms with Gasteiger partial charge >= 0.3 is 5.97 Å². The standard InChI is InChI=1S/C15H21NO4/c1-4-19-15(18)12-6-5-7-13(10-12)20-9-8-14(17)16-11(2)3/h5-7,10-11H,4,8-9H2,1-3H3,(H,16,17). The van der Waals surface area contributed by atoms with Gasteiger partial charge in [0, 0.05) is 6.04 Å². The van der Waals surface area contributed by atoms with Crippen molar-refractivity contribution in [2.75, 3.05) is 13.2 Å². The fraction of sp³-hybridized carbons (Fsp3) is 0.467. The van der Waals surface area contributed by atoms with E-state index in [0.717, 1.165) is 0 Å². The van der Waals surface area contributed by atoms with Crippen LogP contribution in [-0.2, 0) is 9.53 Å². The first-order valence-electron chi connectivity index (χ1n) is 6.72. The number of benzene rings is 1. The summed E-state index contributed by atoms with van der Waals surface area (Å²) >= 11 is 0. The van der Waals surface area contributed by atoms with Crippen LogP contribution < -0.4 is 10.1 Å². The number of ether oxygens (including phenoxy) is 2. The van der Waals surface area contributed by atoms with Gasteiger partial charge in [-0.15, -0.1) is 0 Å². The van der Waals surface area contributed by atoms with E-state index in [1.54, 1.807) is 31.2 Å². The van der Waals surface area contributed by atoms with Gasteiger partial charge in [0.05, 0.1) is 25.2 Å². The lowest BCUT2D eigenvalue weighted by atomic mass is 10.2. The molecule has 1 aromatic rings. The van der Waals surface area contributed by atoms with Crippen LogP contribution in [0.15, 0.2) is 24.3 Å². The van der Waals surface area contributed by atoms with Gasteiger partial charge in [-0.1, -0.05) is 6.07 Å². The third-order valence-corrected chi connectivity index (χ3v) is 2.39. The minimum atomic E-state index is -0.379. The van der Waals surface area contributed by atoms with Crippen molar-refractivity contribution in [3.8, 4) is 5.75 Å². The molecule has 1 N–H and O–H groups in total. The summed E-state index contributed by atoms with van der Waals surface area (Å²) in [5.41, 5.74) is 0.441. The monoisotopic (exact) mass is 279 g/mol. The lowest BCUT2D eigenvalue weighted by molar-refractivity contribution is -0.122. The molecule has 1 aromatic carbocycles. The van der Waals surface area contributed by atoms with Crippen molar-refractivity contribution >= 4 is 11.9 Å². The van der Waals surface area contributed by atoms with E-state index in [1.807, 2.05) is 13.8 Å². The number of carbonyl (C=O) groups is 2. The molecular weight excluding hydrogens is 258 g/mol. The van der Waals surface area contributed by atoms with Gasteiger partial charge in [-0.2, -0.15) is 0 Å². The van der Waals surface area contributed by atoms with Gasteiger partial charge in [-0.3, -0.25) is 4.79 Å². The van der Waals surface area contributed by atoms with Gasteiger partial charge in [-0.05, 0) is 39.0 Å². The molecule has 1 rings (SSSR count). The largest absolute Gasteiger partial charge is 0.493 e. The van der Waals surface area contributed by atoms with E-state index in [4.69, 9.17) is 9.47 Å². The van der Waals surface area contributed by atoms with E-state index in [1.165, 1.54) is 0 Å². The number of amides is 1. The Bertz CT molecular complexity index is 457. The predicted octanol–water partition coefficient (Wildman–Crippen LogP) is 2.16. The molecule has 110 valence electrons. The normalized spacial score (nSPS) is 10.2. The van der Waals surface area contributed by atoms with Gasteiger partial charge in [0.1, 0.15) is 5.75 Å². The average Bonchev–Trinajstić information content (AvgIpc) is 2.38. The van der Waals surface area contributed by atoms with E-state index in [9.17, 15) is 9.59 Å². The molecule has 0 fully saturated rings. The van der Waals surface area contributed by atoms with E-state index < -0.39 is 0 Å². The Morgan fingerprint density at radius 2 is 2.05 bits per heavy atom. The second-order valence-corrected chi connectivity index (χ2v) is 4.57. The van der Waals surface area contributed by atoms with Crippen LogP contribution in [0, 0.1) is 0 Å². The van der Waals surface area contributed by atoms with Gasteiger partial charge < -0.3 is 14.8 Å². The van der Waals surface area contributed by atoms with Gasteiger partial charge in [0.25, 0.3) is 0 Å². The molecule has 0 radical (unpaired) electrons. The highest BCUT2D eigenvalue weighted by Gasteiger charge is 2.08. The summed E-state index contributed by atoms with van der Waals surface area (Å²) in [7, 11) is 0. The second-order valence-electron chi connectivity index (χ2n) is 4.57. The van der Waals surface area contributed by atoms with E-state index >= 15 is 0 Å². The Kier molecular flexibility index (Phi) is 6.56. The van der Waals surface area contributed by atoms with Crippen LogP contribution in [0.3, 0.4) is 0 Å². The summed E-state index contributed by atoms with van der Waals surface area (Å²) in [6.45, 7) is 6.17. The van der Waals surface area contributed by atoms with Crippen molar-refractivity contribution in [2.24, 2.45) is 0 Å². The number of hydrogen-bond donors (Lipinski definition) is 1. The van der Waals surface area contributed by atoms with Crippen molar-refractivity contribution in [2.45, 2.75) is 33.2 Å². The van der Waals surface area contributed by atoms with Crippen LogP contribution in [0.2, 0.25) is 0 Å². The molecule has 0 aliphatic carbocycles. The predicted molar refractivity (Wildman–Crippen MR) is 75.8 cm³/mol. The zero-order valence-electron chi connectivity index (χ0n) is 12.1. The smallest absolute Gasteiger partial charge is 0.338 e. The summed E-state index contributed by atoms with van der Waals surface area (Å²) < 4.78 is 10.4. The average molecular weight is 279 g/mol. The molecule has 0 aliphatic rings. The van der Waals surface area contributed by atoms with Gasteiger partial charge in [-0.25, -0.2) is 4.79 Å². The molecule has 0 unspecified atom stereocenters. The summed E-state index contributed by atoms with van der Waals surface area (Å²) in [6.07, 6.45) is 0.280. The topological polar surface area (TPSA) is 64.6 Å². The fourth-order valence-electron chi connectivity index (χ4n) is 1.58. The third kappa shape index (κ3) is 5.73. The summed E-state index contributed by atoms with van der Waals surface area (Å²) in [4.78, 5) is 23.0. The Balaban J connectivity index is 2.46. The van der Waals surface area contributed by atoms with Crippen LogP contribution in [0.4, 0.5) is 0 Å². The van der Waals surface area contributed by atoms with Crippen molar-refractivity contribution in [1.29, 1.82) is 0 Å². The first kappa shape index (κ1) is 16.0. The number of esters is 1. The van der Waals surface area contributed by atoms with Crippen molar-refractivity contribution in [3.63, 3.8) is 0 Å². The Hall–Kier alpha value is -2.04. The van der Waals surface area contributed by atoms with Gasteiger partial charge in [0.15, 0.2) is 0 Å². The SMILES string of the molecule is CCOC(=O)c1cccc(OCCC(=O)NC(C)C)c1. The zero-order chi connectivity index (χ0) is 15.0. The summed E-state index contributed by atoms with van der Waals surface area (Å²) in [5.74, 6) is 0.116. The number of hydrogen-bond acceptors (Lipinski definition) is 4. The second kappa shape index (κ2) is 8.19. The first-order valence-corrected chi connectivity index (χ1v) is 6.72. The molecule has 0 aliphatic heterocycles. The Morgan fingerprint density at radius 1 is 1.30 bits per heavy atom. The maximum Gasteiger partial charge on any atom is 0.338 e. The van der Waals surface area contributed by atoms with Crippen molar-refractivity contribution in [1.82, 2.24) is 5.32 Å². The maximum atomic E-state index is 11.6. The summed E-state index contributed by atoms with van der Waals surface area (Å²) in [5, 5.41) is 2.78. The zero-order valence-corrected chi connectivity index (χ0v) is 12.1. The fourth-order valence-corrected chi connectivity index (χ4v) is 1.58. The molecule has 0 aromatic heterocycles. The van der Waals surface area contributed by atoms with Crippen molar-refractivity contribution < 1.29 is 19.1 Å². The molecular formula is C15H21NO4. The molecule has 0 saturated heterocycles. The lowest BCUT2D eigenvalue weighted by Crippen LogP contribution is -2.31. The number of rotatable bonds is 7. The molecule has 5 heteroatoms. The first-order chi connectivity index (χ1) is 9.52. The molecule has 20 heavy (non-hydrogen) atoms. The molecule has 1 amide bonds. The van der Waals surface area contributed by atoms with E-state index in [2.05, 4.69) is 5.32 Å². The highest BCUT2D eigenvalue weighted by atomic mass is 16.5. The molecule has 0 heterocycles. The molecule has 0 bridgehead atoms. The number of carbonyl (C=O) groups excluding carboxylic acids is 2. The van der Waals surface area contributed by atoms with Crippen LogP contribution in [0.25, 0.3) is 0 Å². The van der Waals surface area contributed by atoms with Crippen LogP contribution in [0.1, 0.15) is 37.6 Å². The third-order valence-electron chi connectivity index (χ3n) is 2.39. The highest BCUT2D eigenvalue weighted by Crippen LogP contribution is 2.14. The summed E-state index contributed by atoms with van der Waals surface area (Å²) in [6, 6.07) is 6.85. The van der Waals surface area contributed by atoms with E-state index in [0.29, 0.717) is 17.9 Å². The lowest BCUT2D eigenvalue weighted by Gasteiger charge is -2.10. The van der Waals surface area contributed by atoms with Crippen LogP contribution in [-0.4, -0.2) is 31.1 Å². The van der Waals surface area contributed by atoms with Crippen LogP contribution in [0.5, 0.6) is 5.75 Å². The minimum absolute atomic E-state index is 0.0541. The molecule has 0 spiro atoms. The van der Waals surface area contributed by atoms with Crippen molar-refractivity contribution in [3.05, 3.63) is 29.8 Å². The highest BCUT2D eigenvalue weighted by molar-refractivity contribution is 5.89. The molecule has 0 saturated carbocycles. The minimum Gasteiger partial charge on any atom is -0.493 e.